The lowest BCUT2D eigenvalue weighted by atomic mass is 9.95. The Balaban J connectivity index is 2.74. The summed E-state index contributed by atoms with van der Waals surface area (Å²) in [5.74, 6) is -1.22. The van der Waals surface area contributed by atoms with E-state index in [9.17, 15) is 14.4 Å². The van der Waals surface area contributed by atoms with E-state index in [0.717, 1.165) is 4.88 Å². The summed E-state index contributed by atoms with van der Waals surface area (Å²) in [5, 5.41) is 7.14. The predicted octanol–water partition coefficient (Wildman–Crippen LogP) is 3.75. The average molecular weight is 397 g/mol. The van der Waals surface area contributed by atoms with Gasteiger partial charge in [0, 0.05) is 4.88 Å². The molecule has 0 fully saturated rings. The highest BCUT2D eigenvalue weighted by Gasteiger charge is 2.32. The van der Waals surface area contributed by atoms with E-state index in [1.54, 1.807) is 0 Å². The number of thiophene rings is 1. The number of carbonyl (C=O) groups is 3. The lowest BCUT2D eigenvalue weighted by Crippen LogP contribution is -2.51. The molecular formula is C20H32N2O4S. The van der Waals surface area contributed by atoms with Crippen molar-refractivity contribution < 1.29 is 19.1 Å². The maximum Gasteiger partial charge on any atom is 0.408 e. The summed E-state index contributed by atoms with van der Waals surface area (Å²) in [6.07, 6.45) is -0.274. The minimum Gasteiger partial charge on any atom is -0.446 e. The van der Waals surface area contributed by atoms with Crippen LogP contribution in [0.3, 0.4) is 0 Å². The fourth-order valence-corrected chi connectivity index (χ4v) is 3.48. The first-order chi connectivity index (χ1) is 12.7. The highest BCUT2D eigenvalue weighted by molar-refractivity contribution is 7.09. The molecule has 0 bridgehead atoms. The molecule has 1 aromatic rings. The monoisotopic (exact) mass is 396 g/mol. The molecule has 6 nitrogen and oxygen atoms in total. The quantitative estimate of drug-likeness (QED) is 0.590. The summed E-state index contributed by atoms with van der Waals surface area (Å²) in [4.78, 5) is 38.2. The molecule has 0 spiro atoms. The van der Waals surface area contributed by atoms with Gasteiger partial charge in [0.25, 0.3) is 5.91 Å². The normalized spacial score (nSPS) is 13.5. The van der Waals surface area contributed by atoms with E-state index < -0.39 is 23.8 Å². The van der Waals surface area contributed by atoms with E-state index in [1.165, 1.54) is 11.3 Å². The van der Waals surface area contributed by atoms with Gasteiger partial charge in [0.2, 0.25) is 5.78 Å². The van der Waals surface area contributed by atoms with Crippen molar-refractivity contribution in [1.29, 1.82) is 0 Å². The Labute approximate surface area is 166 Å². The first kappa shape index (κ1) is 23.1. The van der Waals surface area contributed by atoms with E-state index in [-0.39, 0.29) is 23.9 Å². The molecule has 1 aromatic heterocycles. The summed E-state index contributed by atoms with van der Waals surface area (Å²) >= 11 is 1.50. The zero-order valence-corrected chi connectivity index (χ0v) is 17.9. The number of rotatable bonds is 10. The van der Waals surface area contributed by atoms with Crippen LogP contribution in [-0.4, -0.2) is 29.9 Å². The summed E-state index contributed by atoms with van der Waals surface area (Å²) in [5.41, 5.74) is 0. The summed E-state index contributed by atoms with van der Waals surface area (Å²) < 4.78 is 5.51. The molecule has 1 heterocycles. The first-order valence-electron chi connectivity index (χ1n) is 9.48. The van der Waals surface area contributed by atoms with Gasteiger partial charge in [-0.15, -0.1) is 11.3 Å². The molecule has 0 saturated heterocycles. The third-order valence-electron chi connectivity index (χ3n) is 4.55. The minimum atomic E-state index is -0.911. The number of alkyl carbamates (subject to hydrolysis) is 1. The predicted molar refractivity (Wildman–Crippen MR) is 107 cm³/mol. The van der Waals surface area contributed by atoms with Gasteiger partial charge in [0.15, 0.2) is 0 Å². The second-order valence-electron chi connectivity index (χ2n) is 7.49. The maximum atomic E-state index is 12.6. The van der Waals surface area contributed by atoms with Gasteiger partial charge in [0.05, 0.1) is 6.54 Å². The second-order valence-corrected chi connectivity index (χ2v) is 8.52. The zero-order chi connectivity index (χ0) is 20.6. The van der Waals surface area contributed by atoms with Gasteiger partial charge in [-0.2, -0.15) is 0 Å². The van der Waals surface area contributed by atoms with Gasteiger partial charge in [-0.05, 0) is 29.2 Å². The van der Waals surface area contributed by atoms with Crippen molar-refractivity contribution in [2.24, 2.45) is 17.8 Å². The number of amides is 2. The number of hydrogen-bond acceptors (Lipinski definition) is 5. The van der Waals surface area contributed by atoms with E-state index in [0.29, 0.717) is 13.0 Å². The number of hydrogen-bond donors (Lipinski definition) is 2. The van der Waals surface area contributed by atoms with Gasteiger partial charge in [0.1, 0.15) is 12.1 Å². The molecule has 0 aliphatic carbocycles. The van der Waals surface area contributed by atoms with Gasteiger partial charge in [-0.1, -0.05) is 54.0 Å². The number of carbonyl (C=O) groups excluding carboxylic acids is 3. The van der Waals surface area contributed by atoms with Crippen LogP contribution in [0.5, 0.6) is 0 Å². The average Bonchev–Trinajstić information content (AvgIpc) is 3.13. The fourth-order valence-electron chi connectivity index (χ4n) is 2.84. The molecule has 0 aliphatic heterocycles. The molecule has 1 rings (SSSR count). The minimum absolute atomic E-state index is 0.155. The molecule has 0 unspecified atom stereocenters. The molecule has 0 saturated carbocycles. The first-order valence-corrected chi connectivity index (χ1v) is 10.4. The number of ether oxygens (including phenoxy) is 1. The van der Waals surface area contributed by atoms with E-state index in [1.807, 2.05) is 59.1 Å². The standard InChI is InChI=1S/C20H32N2O4S/c1-7-14(6)16(22-20(25)26-18(12(2)3)13(4)5)17(23)19(24)21-11-15-9-8-10-27-15/h8-10,12-14,16,18H,7,11H2,1-6H3,(H,21,24)(H,22,25)/t14-,16-/m0/s1. The molecular weight excluding hydrogens is 364 g/mol. The van der Waals surface area contributed by atoms with Crippen LogP contribution in [-0.2, 0) is 20.9 Å². The molecule has 2 N–H and O–H groups in total. The van der Waals surface area contributed by atoms with Gasteiger partial charge in [-0.25, -0.2) is 4.79 Å². The molecule has 0 radical (unpaired) electrons. The second kappa shape index (κ2) is 11.1. The van der Waals surface area contributed by atoms with E-state index in [4.69, 9.17) is 4.74 Å². The van der Waals surface area contributed by atoms with Crippen LogP contribution in [0, 0.1) is 17.8 Å². The van der Waals surface area contributed by atoms with Crippen molar-refractivity contribution in [2.75, 3.05) is 0 Å². The van der Waals surface area contributed by atoms with Crippen LogP contribution >= 0.6 is 11.3 Å². The Bertz CT molecular complexity index is 606. The van der Waals surface area contributed by atoms with Gasteiger partial charge in [-0.3, -0.25) is 9.59 Å². The molecule has 0 aromatic carbocycles. The third-order valence-corrected chi connectivity index (χ3v) is 5.43. The molecule has 2 amide bonds. The third kappa shape index (κ3) is 7.33. The fraction of sp³-hybridized carbons (Fsp3) is 0.650. The lowest BCUT2D eigenvalue weighted by Gasteiger charge is -2.27. The van der Waals surface area contributed by atoms with E-state index >= 15 is 0 Å². The molecule has 152 valence electrons. The Morgan fingerprint density at radius 1 is 1.11 bits per heavy atom. The van der Waals surface area contributed by atoms with Crippen molar-refractivity contribution in [3.63, 3.8) is 0 Å². The van der Waals surface area contributed by atoms with Crippen molar-refractivity contribution >= 4 is 29.1 Å². The summed E-state index contributed by atoms with van der Waals surface area (Å²) in [7, 11) is 0. The topological polar surface area (TPSA) is 84.5 Å². The van der Waals surface area contributed by atoms with Crippen molar-refractivity contribution in [3.8, 4) is 0 Å². The summed E-state index contributed by atoms with van der Waals surface area (Å²) in [6, 6.07) is 2.86. The van der Waals surface area contributed by atoms with Crippen molar-refractivity contribution in [3.05, 3.63) is 22.4 Å². The highest BCUT2D eigenvalue weighted by Crippen LogP contribution is 2.17. The van der Waals surface area contributed by atoms with Crippen LogP contribution in [0.1, 0.15) is 52.8 Å². The maximum absolute atomic E-state index is 12.6. The van der Waals surface area contributed by atoms with Crippen LogP contribution in [0.15, 0.2) is 17.5 Å². The van der Waals surface area contributed by atoms with Crippen LogP contribution in [0.2, 0.25) is 0 Å². The Hall–Kier alpha value is -1.89. The van der Waals surface area contributed by atoms with Crippen molar-refractivity contribution in [2.45, 2.75) is 66.7 Å². The Morgan fingerprint density at radius 3 is 2.22 bits per heavy atom. The largest absolute Gasteiger partial charge is 0.446 e. The number of Topliss-reactive ketones (excluding diaryl/α,β-unsaturated/α-hetero) is 1. The number of nitrogens with one attached hydrogen (secondary N) is 2. The van der Waals surface area contributed by atoms with Crippen LogP contribution < -0.4 is 10.6 Å². The van der Waals surface area contributed by atoms with Gasteiger partial charge < -0.3 is 15.4 Å². The number of ketones is 1. The Morgan fingerprint density at radius 2 is 1.74 bits per heavy atom. The molecule has 0 aliphatic rings. The van der Waals surface area contributed by atoms with Crippen molar-refractivity contribution in [1.82, 2.24) is 10.6 Å². The molecule has 2 atom stereocenters. The van der Waals surface area contributed by atoms with Crippen LogP contribution in [0.25, 0.3) is 0 Å². The lowest BCUT2D eigenvalue weighted by molar-refractivity contribution is -0.139. The molecule has 27 heavy (non-hydrogen) atoms. The van der Waals surface area contributed by atoms with Gasteiger partial charge >= 0.3 is 6.09 Å². The molecule has 7 heteroatoms. The summed E-state index contributed by atoms with van der Waals surface area (Å²) in [6.45, 7) is 12.0. The van der Waals surface area contributed by atoms with E-state index in [2.05, 4.69) is 10.6 Å². The smallest absolute Gasteiger partial charge is 0.408 e. The Kier molecular flexibility index (Phi) is 9.49. The van der Waals surface area contributed by atoms with Crippen LogP contribution in [0.4, 0.5) is 4.79 Å². The zero-order valence-electron chi connectivity index (χ0n) is 17.1. The highest BCUT2D eigenvalue weighted by atomic mass is 32.1. The SMILES string of the molecule is CC[C@H](C)[C@H](NC(=O)OC(C(C)C)C(C)C)C(=O)C(=O)NCc1cccs1.